The van der Waals surface area contributed by atoms with E-state index in [1.54, 1.807) is 0 Å². The molecule has 0 saturated carbocycles. The van der Waals surface area contributed by atoms with Crippen LogP contribution >= 0.6 is 0 Å². The highest BCUT2D eigenvalue weighted by Crippen LogP contribution is 2.23. The summed E-state index contributed by atoms with van der Waals surface area (Å²) in [6.07, 6.45) is 0. The number of halogens is 2. The first kappa shape index (κ1) is 17.3. The average Bonchev–Trinajstić information content (AvgIpc) is 2.98. The van der Waals surface area contributed by atoms with Crippen molar-refractivity contribution in [3.05, 3.63) is 46.8 Å². The van der Waals surface area contributed by atoms with Crippen molar-refractivity contribution in [2.75, 3.05) is 13.7 Å². The number of nitrogens with one attached hydrogen (secondary N) is 1. The Labute approximate surface area is 144 Å². The predicted molar refractivity (Wildman–Crippen MR) is 86.8 cm³/mol. The maximum atomic E-state index is 14.1. The first-order valence-corrected chi connectivity index (χ1v) is 8.00. The number of fused-ring (bicyclic) bond motifs is 1. The normalized spacial score (nSPS) is 14.2. The minimum Gasteiger partial charge on any atom is -0.497 e. The third kappa shape index (κ3) is 3.96. The van der Waals surface area contributed by atoms with E-state index in [4.69, 9.17) is 4.74 Å². The van der Waals surface area contributed by atoms with Gasteiger partial charge in [-0.3, -0.25) is 14.4 Å². The Morgan fingerprint density at radius 2 is 2.00 bits per heavy atom. The molecule has 1 aromatic carbocycles. The van der Waals surface area contributed by atoms with Crippen LogP contribution in [0.25, 0.3) is 0 Å². The summed E-state index contributed by atoms with van der Waals surface area (Å²) >= 11 is 0. The smallest absolute Gasteiger partial charge is 0.217 e. The van der Waals surface area contributed by atoms with Crippen LogP contribution in [0.15, 0.2) is 18.2 Å². The van der Waals surface area contributed by atoms with E-state index in [2.05, 4.69) is 10.4 Å². The molecule has 0 bridgehead atoms. The second kappa shape index (κ2) is 7.18. The van der Waals surface area contributed by atoms with Gasteiger partial charge in [0.1, 0.15) is 17.4 Å². The number of hydrogen-bond donors (Lipinski definition) is 1. The molecule has 134 valence electrons. The Kier molecular flexibility index (Phi) is 4.98. The van der Waals surface area contributed by atoms with Crippen LogP contribution in [-0.4, -0.2) is 34.2 Å². The summed E-state index contributed by atoms with van der Waals surface area (Å²) in [5.74, 6) is -1.17. The van der Waals surface area contributed by atoms with Crippen molar-refractivity contribution in [2.24, 2.45) is 0 Å². The molecule has 0 fully saturated rings. The number of carbonyl (C=O) groups is 1. The summed E-state index contributed by atoms with van der Waals surface area (Å²) in [5.41, 5.74) is 1.77. The number of nitrogens with zero attached hydrogens (tertiary/aromatic N) is 3. The van der Waals surface area contributed by atoms with E-state index in [1.807, 2.05) is 15.6 Å². The highest BCUT2D eigenvalue weighted by molar-refractivity contribution is 5.72. The molecule has 0 aliphatic carbocycles. The molecule has 25 heavy (non-hydrogen) atoms. The topological polar surface area (TPSA) is 59.4 Å². The van der Waals surface area contributed by atoms with Crippen molar-refractivity contribution in [3.8, 4) is 5.75 Å². The number of ether oxygens (including phenoxy) is 1. The van der Waals surface area contributed by atoms with Crippen molar-refractivity contribution in [2.45, 2.75) is 33.1 Å². The van der Waals surface area contributed by atoms with Gasteiger partial charge in [0.25, 0.3) is 0 Å². The first-order chi connectivity index (χ1) is 12.0. The predicted octanol–water partition coefficient (Wildman–Crippen LogP) is 1.82. The van der Waals surface area contributed by atoms with Crippen LogP contribution in [-0.2, 0) is 31.0 Å². The molecule has 0 unspecified atom stereocenters. The monoisotopic (exact) mass is 350 g/mol. The second-order valence-corrected chi connectivity index (χ2v) is 6.04. The van der Waals surface area contributed by atoms with Gasteiger partial charge in [-0.05, 0) is 6.07 Å². The quantitative estimate of drug-likeness (QED) is 0.894. The summed E-state index contributed by atoms with van der Waals surface area (Å²) in [7, 11) is 1.37. The zero-order valence-electron chi connectivity index (χ0n) is 14.2. The number of amides is 1. The number of methoxy groups -OCH3 is 1. The van der Waals surface area contributed by atoms with Crippen LogP contribution in [0.4, 0.5) is 8.78 Å². The van der Waals surface area contributed by atoms with Gasteiger partial charge in [0.05, 0.1) is 31.6 Å². The van der Waals surface area contributed by atoms with E-state index >= 15 is 0 Å². The lowest BCUT2D eigenvalue weighted by Gasteiger charge is -2.27. The van der Waals surface area contributed by atoms with Gasteiger partial charge in [0.15, 0.2) is 0 Å². The van der Waals surface area contributed by atoms with E-state index in [0.717, 1.165) is 11.4 Å². The Hall–Kier alpha value is -2.48. The summed E-state index contributed by atoms with van der Waals surface area (Å²) in [6.45, 7) is 3.81. The number of carbonyl (C=O) groups excluding carboxylic acids is 1. The fourth-order valence-electron chi connectivity index (χ4n) is 2.89. The number of aromatic nitrogens is 2. The molecule has 6 nitrogen and oxygen atoms in total. The number of benzene rings is 1. The zero-order valence-corrected chi connectivity index (χ0v) is 14.2. The maximum absolute atomic E-state index is 14.1. The SMILES string of the molecule is COc1cc(F)c(CN2CCn3nc(CNC(C)=O)cc3C2)c(F)c1. The van der Waals surface area contributed by atoms with Crippen LogP contribution in [0.2, 0.25) is 0 Å². The van der Waals surface area contributed by atoms with Crippen LogP contribution < -0.4 is 10.1 Å². The zero-order chi connectivity index (χ0) is 18.0. The lowest BCUT2D eigenvalue weighted by atomic mass is 10.1. The molecule has 0 atom stereocenters. The van der Waals surface area contributed by atoms with E-state index in [0.29, 0.717) is 26.2 Å². The average molecular weight is 350 g/mol. The standard InChI is InChI=1S/C17H20F2N4O2/c1-11(24)20-8-12-5-13-9-22(3-4-23(13)21-12)10-15-16(18)6-14(25-2)7-17(15)19/h5-7H,3-4,8-10H2,1-2H3,(H,20,24). The molecule has 1 aliphatic heterocycles. The molecule has 1 N–H and O–H groups in total. The third-order valence-electron chi connectivity index (χ3n) is 4.18. The highest BCUT2D eigenvalue weighted by Gasteiger charge is 2.21. The van der Waals surface area contributed by atoms with E-state index in [1.165, 1.54) is 26.2 Å². The Morgan fingerprint density at radius 3 is 2.64 bits per heavy atom. The maximum Gasteiger partial charge on any atom is 0.217 e. The van der Waals surface area contributed by atoms with Crippen LogP contribution in [0.5, 0.6) is 5.75 Å². The van der Waals surface area contributed by atoms with Crippen molar-refractivity contribution < 1.29 is 18.3 Å². The summed E-state index contributed by atoms with van der Waals surface area (Å²) in [4.78, 5) is 13.0. The molecular weight excluding hydrogens is 330 g/mol. The lowest BCUT2D eigenvalue weighted by molar-refractivity contribution is -0.119. The Morgan fingerprint density at radius 1 is 1.28 bits per heavy atom. The molecule has 1 aliphatic rings. The summed E-state index contributed by atoms with van der Waals surface area (Å²) in [5, 5.41) is 7.14. The lowest BCUT2D eigenvalue weighted by Crippen LogP contribution is -2.33. The fraction of sp³-hybridized carbons (Fsp3) is 0.412. The van der Waals surface area contributed by atoms with Crippen LogP contribution in [0.3, 0.4) is 0 Å². The Bertz CT molecular complexity index is 768. The van der Waals surface area contributed by atoms with Gasteiger partial charge in [-0.15, -0.1) is 0 Å². The van der Waals surface area contributed by atoms with Gasteiger partial charge >= 0.3 is 0 Å². The molecule has 8 heteroatoms. The van der Waals surface area contributed by atoms with E-state index in [-0.39, 0.29) is 23.8 Å². The van der Waals surface area contributed by atoms with Crippen LogP contribution in [0, 0.1) is 11.6 Å². The molecule has 0 spiro atoms. The van der Waals surface area contributed by atoms with Gasteiger partial charge in [0.2, 0.25) is 5.91 Å². The van der Waals surface area contributed by atoms with Crippen molar-refractivity contribution in [1.29, 1.82) is 0 Å². The van der Waals surface area contributed by atoms with Gasteiger partial charge in [-0.25, -0.2) is 8.78 Å². The largest absolute Gasteiger partial charge is 0.497 e. The molecular formula is C17H20F2N4O2. The molecule has 0 saturated heterocycles. The minimum atomic E-state index is -0.609. The van der Waals surface area contributed by atoms with E-state index < -0.39 is 11.6 Å². The van der Waals surface area contributed by atoms with Gasteiger partial charge in [-0.1, -0.05) is 0 Å². The van der Waals surface area contributed by atoms with Crippen LogP contribution in [0.1, 0.15) is 23.9 Å². The first-order valence-electron chi connectivity index (χ1n) is 8.00. The number of rotatable bonds is 5. The molecule has 2 heterocycles. The molecule has 0 radical (unpaired) electrons. The number of hydrogen-bond acceptors (Lipinski definition) is 4. The van der Waals surface area contributed by atoms with Gasteiger partial charge < -0.3 is 10.1 Å². The van der Waals surface area contributed by atoms with Crippen molar-refractivity contribution in [3.63, 3.8) is 0 Å². The van der Waals surface area contributed by atoms with Gasteiger partial charge in [-0.2, -0.15) is 5.10 Å². The second-order valence-electron chi connectivity index (χ2n) is 6.04. The third-order valence-corrected chi connectivity index (χ3v) is 4.18. The minimum absolute atomic E-state index is 0.0345. The van der Waals surface area contributed by atoms with Crippen molar-refractivity contribution >= 4 is 5.91 Å². The molecule has 1 amide bonds. The van der Waals surface area contributed by atoms with Gasteiger partial charge in [0, 0.05) is 44.3 Å². The highest BCUT2D eigenvalue weighted by atomic mass is 19.1. The van der Waals surface area contributed by atoms with E-state index in [9.17, 15) is 13.6 Å². The molecule has 3 rings (SSSR count). The molecule has 1 aromatic heterocycles. The fourth-order valence-corrected chi connectivity index (χ4v) is 2.89. The summed E-state index contributed by atoms with van der Waals surface area (Å²) in [6, 6.07) is 4.29. The Balaban J connectivity index is 1.70. The van der Waals surface area contributed by atoms with Crippen molar-refractivity contribution in [1.82, 2.24) is 20.0 Å². The summed E-state index contributed by atoms with van der Waals surface area (Å²) < 4.78 is 35.0. The molecule has 2 aromatic rings.